The van der Waals surface area contributed by atoms with Crippen molar-refractivity contribution in [1.82, 2.24) is 0 Å². The van der Waals surface area contributed by atoms with Gasteiger partial charge in [0.1, 0.15) is 11.6 Å². The van der Waals surface area contributed by atoms with Crippen LogP contribution in [0.15, 0.2) is 16.6 Å². The van der Waals surface area contributed by atoms with E-state index >= 15 is 0 Å². The maximum Gasteiger partial charge on any atom is 0.274 e. The number of rotatable bonds is 7. The first-order chi connectivity index (χ1) is 12.4. The quantitative estimate of drug-likeness (QED) is 0.373. The van der Waals surface area contributed by atoms with Crippen LogP contribution >= 0.6 is 15.9 Å². The van der Waals surface area contributed by atoms with E-state index in [0.717, 1.165) is 5.69 Å². The number of anilines is 1. The molecule has 0 radical (unpaired) electrons. The molecular weight excluding hydrogens is 404 g/mol. The van der Waals surface area contributed by atoms with Gasteiger partial charge in [0, 0.05) is 42.0 Å². The summed E-state index contributed by atoms with van der Waals surface area (Å²) in [6.45, 7) is 8.22. The molecule has 144 valence electrons. The van der Waals surface area contributed by atoms with Crippen molar-refractivity contribution in [3.05, 3.63) is 32.3 Å². The molecular formula is C18H25BrN2O5. The van der Waals surface area contributed by atoms with Crippen molar-refractivity contribution >= 4 is 38.9 Å². The number of nitro groups is 1. The molecule has 1 fully saturated rings. The number of halogens is 1. The Hall–Kier alpha value is -1.80. The lowest BCUT2D eigenvalue weighted by Crippen LogP contribution is -2.36. The second-order valence-corrected chi connectivity index (χ2v) is 6.43. The summed E-state index contributed by atoms with van der Waals surface area (Å²) in [6.07, 6.45) is -0.0174. The number of hydrogen-bond donors (Lipinski definition) is 0. The maximum absolute atomic E-state index is 12.0. The van der Waals surface area contributed by atoms with E-state index in [4.69, 9.17) is 4.74 Å². The Morgan fingerprint density at radius 2 is 1.85 bits per heavy atom. The van der Waals surface area contributed by atoms with E-state index in [9.17, 15) is 19.7 Å². The summed E-state index contributed by atoms with van der Waals surface area (Å²) in [5, 5.41) is 11.3. The van der Waals surface area contributed by atoms with E-state index in [1.54, 1.807) is 13.0 Å². The van der Waals surface area contributed by atoms with Crippen LogP contribution in [0.3, 0.4) is 0 Å². The largest absolute Gasteiger partial charge is 0.378 e. The fourth-order valence-electron chi connectivity index (χ4n) is 2.57. The van der Waals surface area contributed by atoms with Crippen LogP contribution in [-0.4, -0.2) is 42.8 Å². The van der Waals surface area contributed by atoms with Crippen LogP contribution in [0.1, 0.15) is 39.2 Å². The molecule has 0 saturated carbocycles. The molecule has 1 aromatic carbocycles. The molecule has 0 amide bonds. The van der Waals surface area contributed by atoms with Gasteiger partial charge in [-0.25, -0.2) is 0 Å². The van der Waals surface area contributed by atoms with Crippen molar-refractivity contribution < 1.29 is 19.2 Å². The predicted octanol–water partition coefficient (Wildman–Crippen LogP) is 3.70. The second-order valence-electron chi connectivity index (χ2n) is 5.57. The van der Waals surface area contributed by atoms with E-state index in [0.29, 0.717) is 36.3 Å². The number of carbonyl (C=O) groups excluding carboxylic acids is 2. The number of benzene rings is 1. The van der Waals surface area contributed by atoms with E-state index in [-0.39, 0.29) is 36.5 Å². The number of nitrogens with zero attached hydrogens (tertiary/aromatic N) is 2. The Morgan fingerprint density at radius 1 is 1.23 bits per heavy atom. The van der Waals surface area contributed by atoms with Crippen LogP contribution in [0, 0.1) is 10.1 Å². The third-order valence-electron chi connectivity index (χ3n) is 3.87. The minimum absolute atomic E-state index is 0.115. The van der Waals surface area contributed by atoms with Crippen molar-refractivity contribution in [2.75, 3.05) is 31.2 Å². The number of nitro benzene ring substituents is 1. The average molecular weight is 429 g/mol. The fraction of sp³-hybridized carbons (Fsp3) is 0.556. The first kappa shape index (κ1) is 22.2. The molecule has 1 saturated heterocycles. The molecule has 7 nitrogen and oxygen atoms in total. The lowest BCUT2D eigenvalue weighted by atomic mass is 10.0. The highest BCUT2D eigenvalue weighted by atomic mass is 79.9. The molecule has 1 heterocycles. The second kappa shape index (κ2) is 11.0. The maximum atomic E-state index is 12.0. The first-order valence-corrected chi connectivity index (χ1v) is 9.54. The van der Waals surface area contributed by atoms with Crippen molar-refractivity contribution in [3.63, 3.8) is 0 Å². The highest BCUT2D eigenvalue weighted by Gasteiger charge is 2.23. The van der Waals surface area contributed by atoms with Crippen LogP contribution in [-0.2, 0) is 20.7 Å². The van der Waals surface area contributed by atoms with Crippen LogP contribution in [0.5, 0.6) is 0 Å². The molecule has 0 aromatic heterocycles. The fourth-order valence-corrected chi connectivity index (χ4v) is 3.15. The average Bonchev–Trinajstić information content (AvgIpc) is 2.64. The van der Waals surface area contributed by atoms with Crippen LogP contribution < -0.4 is 4.90 Å². The standard InChI is InChI=1S/C16H19BrN2O5.C2H6/c1-2-12(20)9-13(21)7-11-8-16(18-3-5-24-6-4-18)14(17)10-15(11)19(22)23;1-2/h8,10H,2-7,9H2,1H3;1-2H3. The van der Waals surface area contributed by atoms with Gasteiger partial charge < -0.3 is 9.64 Å². The Morgan fingerprint density at radius 3 is 2.38 bits per heavy atom. The Kier molecular flexibility index (Phi) is 9.43. The summed E-state index contributed by atoms with van der Waals surface area (Å²) in [6, 6.07) is 3.09. The zero-order valence-electron chi connectivity index (χ0n) is 15.4. The topological polar surface area (TPSA) is 89.8 Å². The predicted molar refractivity (Wildman–Crippen MR) is 104 cm³/mol. The van der Waals surface area contributed by atoms with Gasteiger partial charge in [-0.15, -0.1) is 0 Å². The Labute approximate surface area is 162 Å². The van der Waals surface area contributed by atoms with E-state index in [1.807, 2.05) is 13.8 Å². The summed E-state index contributed by atoms with van der Waals surface area (Å²) < 4.78 is 5.93. The van der Waals surface area contributed by atoms with Gasteiger partial charge in [0.15, 0.2) is 0 Å². The number of morpholine rings is 1. The van der Waals surface area contributed by atoms with Gasteiger partial charge in [0.2, 0.25) is 0 Å². The monoisotopic (exact) mass is 428 g/mol. The minimum Gasteiger partial charge on any atom is -0.378 e. The molecule has 0 aliphatic carbocycles. The summed E-state index contributed by atoms with van der Waals surface area (Å²) in [5.41, 5.74) is 1.02. The molecule has 0 unspecified atom stereocenters. The van der Waals surface area contributed by atoms with Gasteiger partial charge in [-0.3, -0.25) is 19.7 Å². The molecule has 2 rings (SSSR count). The molecule has 0 bridgehead atoms. The highest BCUT2D eigenvalue weighted by Crippen LogP contribution is 2.34. The SMILES string of the molecule is CC.CCC(=O)CC(=O)Cc1cc(N2CCOCC2)c(Br)cc1[N+](=O)[O-]. The summed E-state index contributed by atoms with van der Waals surface area (Å²) in [4.78, 5) is 36.3. The van der Waals surface area contributed by atoms with Gasteiger partial charge in [-0.05, 0) is 22.0 Å². The van der Waals surface area contributed by atoms with Crippen LogP contribution in [0.4, 0.5) is 11.4 Å². The van der Waals surface area contributed by atoms with Gasteiger partial charge >= 0.3 is 0 Å². The van der Waals surface area contributed by atoms with Gasteiger partial charge in [0.05, 0.1) is 30.2 Å². The molecule has 1 aliphatic rings. The normalized spacial score (nSPS) is 13.6. The van der Waals surface area contributed by atoms with Crippen LogP contribution in [0.2, 0.25) is 0 Å². The molecule has 8 heteroatoms. The van der Waals surface area contributed by atoms with Crippen molar-refractivity contribution in [1.29, 1.82) is 0 Å². The van der Waals surface area contributed by atoms with Gasteiger partial charge in [-0.1, -0.05) is 20.8 Å². The number of hydrogen-bond acceptors (Lipinski definition) is 6. The number of carbonyl (C=O) groups is 2. The van der Waals surface area contributed by atoms with Gasteiger partial charge in [0.25, 0.3) is 5.69 Å². The third kappa shape index (κ3) is 6.17. The Bertz CT molecular complexity index is 657. The lowest BCUT2D eigenvalue weighted by Gasteiger charge is -2.30. The molecule has 0 spiro atoms. The molecule has 0 N–H and O–H groups in total. The van der Waals surface area contributed by atoms with Gasteiger partial charge in [-0.2, -0.15) is 0 Å². The highest BCUT2D eigenvalue weighted by molar-refractivity contribution is 9.10. The van der Waals surface area contributed by atoms with Crippen molar-refractivity contribution in [2.24, 2.45) is 0 Å². The molecule has 1 aromatic rings. The van der Waals surface area contributed by atoms with E-state index in [2.05, 4.69) is 20.8 Å². The smallest absolute Gasteiger partial charge is 0.274 e. The van der Waals surface area contributed by atoms with Crippen molar-refractivity contribution in [2.45, 2.75) is 40.0 Å². The third-order valence-corrected chi connectivity index (χ3v) is 4.51. The Balaban J connectivity index is 0.00000163. The first-order valence-electron chi connectivity index (χ1n) is 8.75. The number of ether oxygens (including phenoxy) is 1. The minimum atomic E-state index is -0.502. The number of Topliss-reactive ketones (excluding diaryl/α,β-unsaturated/α-hetero) is 2. The molecule has 26 heavy (non-hydrogen) atoms. The number of ketones is 2. The summed E-state index contributed by atoms with van der Waals surface area (Å²) in [5.74, 6) is -0.464. The lowest BCUT2D eigenvalue weighted by molar-refractivity contribution is -0.385. The van der Waals surface area contributed by atoms with E-state index < -0.39 is 4.92 Å². The van der Waals surface area contributed by atoms with Crippen LogP contribution in [0.25, 0.3) is 0 Å². The summed E-state index contributed by atoms with van der Waals surface area (Å²) >= 11 is 3.38. The molecule has 1 aliphatic heterocycles. The zero-order valence-corrected chi connectivity index (χ0v) is 17.0. The van der Waals surface area contributed by atoms with E-state index in [1.165, 1.54) is 6.07 Å². The van der Waals surface area contributed by atoms with Crippen molar-refractivity contribution in [3.8, 4) is 0 Å². The molecule has 0 atom stereocenters. The summed E-state index contributed by atoms with van der Waals surface area (Å²) in [7, 11) is 0. The zero-order chi connectivity index (χ0) is 19.7.